The van der Waals surface area contributed by atoms with Crippen LogP contribution in [0.5, 0.6) is 5.75 Å². The summed E-state index contributed by atoms with van der Waals surface area (Å²) in [5.41, 5.74) is 1.81. The Bertz CT molecular complexity index is 475. The van der Waals surface area contributed by atoms with Crippen LogP contribution in [0.25, 0.3) is 6.08 Å². The summed E-state index contributed by atoms with van der Waals surface area (Å²) >= 11 is 3.36. The Morgan fingerprint density at radius 1 is 1.38 bits per heavy atom. The fraction of sp³-hybridized carbons (Fsp3) is 0.500. The first kappa shape index (κ1) is 18.1. The highest BCUT2D eigenvalue weighted by molar-refractivity contribution is 9.10. The van der Waals surface area contributed by atoms with Gasteiger partial charge >= 0.3 is 6.61 Å². The molecule has 0 aliphatic carbocycles. The van der Waals surface area contributed by atoms with Crippen LogP contribution in [-0.2, 0) is 0 Å². The van der Waals surface area contributed by atoms with Gasteiger partial charge in [-0.15, -0.1) is 0 Å². The zero-order valence-corrected chi connectivity index (χ0v) is 14.2. The van der Waals surface area contributed by atoms with Crippen molar-refractivity contribution < 1.29 is 13.5 Å². The molecule has 0 atom stereocenters. The molecule has 1 aromatic carbocycles. The van der Waals surface area contributed by atoms with Crippen molar-refractivity contribution in [1.29, 1.82) is 0 Å². The predicted octanol–water partition coefficient (Wildman–Crippen LogP) is 5.09. The van der Waals surface area contributed by atoms with Gasteiger partial charge in [-0.2, -0.15) is 8.78 Å². The summed E-state index contributed by atoms with van der Waals surface area (Å²) in [5.74, 6) is 0.773. The minimum atomic E-state index is -2.82. The van der Waals surface area contributed by atoms with E-state index in [-0.39, 0.29) is 5.75 Å². The largest absolute Gasteiger partial charge is 0.434 e. The quantitative estimate of drug-likeness (QED) is 0.696. The molecule has 5 heteroatoms. The Hall–Kier alpha value is -0.940. The maximum Gasteiger partial charge on any atom is 0.387 e. The molecule has 1 rings (SSSR count). The van der Waals surface area contributed by atoms with Crippen LogP contribution < -0.4 is 10.1 Å². The van der Waals surface area contributed by atoms with Gasteiger partial charge in [-0.1, -0.05) is 48.4 Å². The van der Waals surface area contributed by atoms with Crippen molar-refractivity contribution in [3.05, 3.63) is 33.8 Å². The van der Waals surface area contributed by atoms with Gasteiger partial charge in [0.2, 0.25) is 0 Å². The zero-order valence-electron chi connectivity index (χ0n) is 12.6. The normalized spacial score (nSPS) is 12.3. The smallest absolute Gasteiger partial charge is 0.387 e. The molecule has 1 aromatic rings. The summed E-state index contributed by atoms with van der Waals surface area (Å²) < 4.78 is 30.3. The lowest BCUT2D eigenvalue weighted by atomic mass is 10.1. The number of alkyl halides is 2. The third-order valence-electron chi connectivity index (χ3n) is 2.91. The van der Waals surface area contributed by atoms with Crippen LogP contribution in [0.15, 0.2) is 28.2 Å². The fourth-order valence-electron chi connectivity index (χ4n) is 1.85. The van der Waals surface area contributed by atoms with Crippen molar-refractivity contribution in [3.8, 4) is 5.75 Å². The van der Waals surface area contributed by atoms with Gasteiger partial charge in [-0.25, -0.2) is 0 Å². The summed E-state index contributed by atoms with van der Waals surface area (Å²) in [6.07, 6.45) is 2.77. The van der Waals surface area contributed by atoms with Crippen molar-refractivity contribution in [2.75, 3.05) is 13.1 Å². The highest BCUT2D eigenvalue weighted by atomic mass is 79.9. The van der Waals surface area contributed by atoms with Crippen LogP contribution >= 0.6 is 15.9 Å². The van der Waals surface area contributed by atoms with Crippen LogP contribution in [0.1, 0.15) is 32.8 Å². The third kappa shape index (κ3) is 7.05. The number of halogens is 3. The van der Waals surface area contributed by atoms with E-state index in [1.165, 1.54) is 0 Å². The summed E-state index contributed by atoms with van der Waals surface area (Å²) in [6, 6.07) is 5.03. The van der Waals surface area contributed by atoms with Gasteiger partial charge in [-0.05, 0) is 37.1 Å². The fourth-order valence-corrected chi connectivity index (χ4v) is 2.23. The van der Waals surface area contributed by atoms with E-state index in [4.69, 9.17) is 0 Å². The number of benzene rings is 1. The van der Waals surface area contributed by atoms with E-state index in [2.05, 4.69) is 46.8 Å². The molecular formula is C16H22BrF2NO. The van der Waals surface area contributed by atoms with Crippen LogP contribution in [0.4, 0.5) is 8.78 Å². The van der Waals surface area contributed by atoms with Crippen LogP contribution in [-0.4, -0.2) is 19.7 Å². The topological polar surface area (TPSA) is 21.3 Å². The third-order valence-corrected chi connectivity index (χ3v) is 3.40. The molecule has 0 amide bonds. The first-order valence-corrected chi connectivity index (χ1v) is 7.86. The van der Waals surface area contributed by atoms with Gasteiger partial charge in [-0.3, -0.25) is 0 Å². The number of nitrogens with one attached hydrogen (secondary N) is 1. The monoisotopic (exact) mass is 361 g/mol. The molecule has 0 unspecified atom stereocenters. The van der Waals surface area contributed by atoms with Crippen molar-refractivity contribution >= 4 is 22.0 Å². The second-order valence-corrected chi connectivity index (χ2v) is 6.16. The SMILES string of the molecule is CCC(=Cc1cc(Br)ccc1OC(F)F)CNCC(C)C. The van der Waals surface area contributed by atoms with Crippen molar-refractivity contribution in [2.24, 2.45) is 5.92 Å². The van der Waals surface area contributed by atoms with E-state index in [1.54, 1.807) is 18.2 Å². The molecule has 21 heavy (non-hydrogen) atoms. The Kier molecular flexibility index (Phi) is 7.89. The van der Waals surface area contributed by atoms with Gasteiger partial charge in [0.1, 0.15) is 5.75 Å². The van der Waals surface area contributed by atoms with E-state index in [1.807, 2.05) is 6.08 Å². The van der Waals surface area contributed by atoms with E-state index < -0.39 is 6.61 Å². The molecular weight excluding hydrogens is 340 g/mol. The highest BCUT2D eigenvalue weighted by Crippen LogP contribution is 2.27. The van der Waals surface area contributed by atoms with Crippen LogP contribution in [0.3, 0.4) is 0 Å². The molecule has 2 nitrogen and oxygen atoms in total. The maximum absolute atomic E-state index is 12.4. The van der Waals surface area contributed by atoms with E-state index in [0.717, 1.165) is 29.6 Å². The summed E-state index contributed by atoms with van der Waals surface area (Å²) in [5, 5.41) is 3.36. The van der Waals surface area contributed by atoms with Gasteiger partial charge in [0.05, 0.1) is 0 Å². The Morgan fingerprint density at radius 2 is 2.10 bits per heavy atom. The molecule has 0 radical (unpaired) electrons. The van der Waals surface area contributed by atoms with Crippen molar-refractivity contribution in [3.63, 3.8) is 0 Å². The molecule has 0 aromatic heterocycles. The predicted molar refractivity (Wildman–Crippen MR) is 86.7 cm³/mol. The lowest BCUT2D eigenvalue weighted by molar-refractivity contribution is -0.0500. The van der Waals surface area contributed by atoms with Gasteiger partial charge in [0.15, 0.2) is 0 Å². The van der Waals surface area contributed by atoms with E-state index >= 15 is 0 Å². The standard InChI is InChI=1S/C16H22BrF2NO/c1-4-12(10-20-9-11(2)3)7-13-8-14(17)5-6-15(13)21-16(18)19/h5-8,11,16,20H,4,9-10H2,1-3H3. The molecule has 0 aliphatic rings. The molecule has 0 spiro atoms. The molecule has 0 saturated carbocycles. The van der Waals surface area contributed by atoms with E-state index in [9.17, 15) is 8.78 Å². The van der Waals surface area contributed by atoms with Crippen molar-refractivity contribution in [1.82, 2.24) is 5.32 Å². The van der Waals surface area contributed by atoms with Crippen molar-refractivity contribution in [2.45, 2.75) is 33.8 Å². The minimum absolute atomic E-state index is 0.197. The zero-order chi connectivity index (χ0) is 15.8. The average molecular weight is 362 g/mol. The summed E-state index contributed by atoms with van der Waals surface area (Å²) in [7, 11) is 0. The molecule has 0 saturated heterocycles. The second kappa shape index (κ2) is 9.15. The lowest BCUT2D eigenvalue weighted by Crippen LogP contribution is -2.21. The second-order valence-electron chi connectivity index (χ2n) is 5.24. The van der Waals surface area contributed by atoms with Gasteiger partial charge in [0.25, 0.3) is 0 Å². The van der Waals surface area contributed by atoms with Gasteiger partial charge in [0, 0.05) is 16.6 Å². The van der Waals surface area contributed by atoms with Crippen LogP contribution in [0, 0.1) is 5.92 Å². The number of ether oxygens (including phenoxy) is 1. The Morgan fingerprint density at radius 3 is 2.67 bits per heavy atom. The average Bonchev–Trinajstić information content (AvgIpc) is 2.39. The lowest BCUT2D eigenvalue weighted by Gasteiger charge is -2.12. The van der Waals surface area contributed by atoms with Gasteiger partial charge < -0.3 is 10.1 Å². The summed E-state index contributed by atoms with van der Waals surface area (Å²) in [4.78, 5) is 0. The maximum atomic E-state index is 12.4. The highest BCUT2D eigenvalue weighted by Gasteiger charge is 2.09. The van der Waals surface area contributed by atoms with Crippen LogP contribution in [0.2, 0.25) is 0 Å². The Balaban J connectivity index is 2.89. The molecule has 0 heterocycles. The number of hydrogen-bond acceptors (Lipinski definition) is 2. The molecule has 0 aliphatic heterocycles. The van der Waals surface area contributed by atoms with E-state index in [0.29, 0.717) is 11.5 Å². The molecule has 1 N–H and O–H groups in total. The number of hydrogen-bond donors (Lipinski definition) is 1. The molecule has 118 valence electrons. The first-order chi connectivity index (χ1) is 9.92. The minimum Gasteiger partial charge on any atom is -0.434 e. The summed E-state index contributed by atoms with van der Waals surface area (Å²) in [6.45, 7) is 5.19. The first-order valence-electron chi connectivity index (χ1n) is 7.06. The molecule has 0 bridgehead atoms. The Labute approximate surface area is 133 Å². The molecule has 0 fully saturated rings. The number of rotatable bonds is 8.